The van der Waals surface area contributed by atoms with Gasteiger partial charge in [0.05, 0.1) is 12.6 Å². The van der Waals surface area contributed by atoms with Crippen LogP contribution in [0.1, 0.15) is 62.3 Å². The molecule has 0 radical (unpaired) electrons. The SMILES string of the molecule is CCCN(C)c1ccc2nc(C3CC3)nc(N3CCC(c4ccccc4OC)CC3)c2c1. The van der Waals surface area contributed by atoms with Gasteiger partial charge in [-0.3, -0.25) is 0 Å². The van der Waals surface area contributed by atoms with Crippen molar-refractivity contribution in [2.75, 3.05) is 43.6 Å². The van der Waals surface area contributed by atoms with Gasteiger partial charge in [0.2, 0.25) is 0 Å². The van der Waals surface area contributed by atoms with Gasteiger partial charge in [-0.2, -0.15) is 0 Å². The third-order valence-electron chi connectivity index (χ3n) is 6.99. The van der Waals surface area contributed by atoms with E-state index in [4.69, 9.17) is 14.7 Å². The Kier molecular flexibility index (Phi) is 5.90. The molecule has 5 heteroatoms. The number of anilines is 2. The summed E-state index contributed by atoms with van der Waals surface area (Å²) < 4.78 is 5.63. The summed E-state index contributed by atoms with van der Waals surface area (Å²) in [6, 6.07) is 15.2. The van der Waals surface area contributed by atoms with Gasteiger partial charge in [0, 0.05) is 43.7 Å². The second-order valence-electron chi connectivity index (χ2n) is 9.31. The molecule has 0 unspecified atom stereocenters. The quantitative estimate of drug-likeness (QED) is 0.478. The van der Waals surface area contributed by atoms with Gasteiger partial charge in [-0.05, 0) is 67.9 Å². The zero-order chi connectivity index (χ0) is 22.1. The summed E-state index contributed by atoms with van der Waals surface area (Å²) in [4.78, 5) is 14.9. The van der Waals surface area contributed by atoms with Crippen molar-refractivity contribution in [3.05, 3.63) is 53.9 Å². The van der Waals surface area contributed by atoms with Gasteiger partial charge in [-0.1, -0.05) is 25.1 Å². The zero-order valence-electron chi connectivity index (χ0n) is 19.6. The highest BCUT2D eigenvalue weighted by atomic mass is 16.5. The average Bonchev–Trinajstić information content (AvgIpc) is 3.69. The van der Waals surface area contributed by atoms with E-state index in [0.29, 0.717) is 11.8 Å². The van der Waals surface area contributed by atoms with Crippen molar-refractivity contribution in [3.63, 3.8) is 0 Å². The molecule has 1 aliphatic carbocycles. The first-order valence-electron chi connectivity index (χ1n) is 12.1. The van der Waals surface area contributed by atoms with Crippen LogP contribution < -0.4 is 14.5 Å². The molecule has 32 heavy (non-hydrogen) atoms. The number of piperidine rings is 1. The molecule has 3 aromatic rings. The number of rotatable bonds is 7. The van der Waals surface area contributed by atoms with Gasteiger partial charge in [0.1, 0.15) is 17.4 Å². The van der Waals surface area contributed by atoms with Crippen LogP contribution in [-0.2, 0) is 0 Å². The van der Waals surface area contributed by atoms with E-state index >= 15 is 0 Å². The number of para-hydroxylation sites is 1. The summed E-state index contributed by atoms with van der Waals surface area (Å²) in [5, 5.41) is 1.19. The Bertz CT molecular complexity index is 1090. The highest BCUT2D eigenvalue weighted by Gasteiger charge is 2.30. The summed E-state index contributed by atoms with van der Waals surface area (Å²) in [5.41, 5.74) is 3.66. The van der Waals surface area contributed by atoms with Gasteiger partial charge in [0.15, 0.2) is 0 Å². The molecule has 5 nitrogen and oxygen atoms in total. The Morgan fingerprint density at radius 3 is 2.50 bits per heavy atom. The number of hydrogen-bond donors (Lipinski definition) is 0. The number of nitrogens with zero attached hydrogens (tertiary/aromatic N) is 4. The number of methoxy groups -OCH3 is 1. The molecule has 2 aliphatic rings. The number of fused-ring (bicyclic) bond motifs is 1. The Balaban J connectivity index is 1.45. The maximum absolute atomic E-state index is 5.63. The first-order chi connectivity index (χ1) is 15.7. The number of benzene rings is 2. The molecular formula is C27H34N4O. The van der Waals surface area contributed by atoms with Crippen LogP contribution in [0.25, 0.3) is 10.9 Å². The van der Waals surface area contributed by atoms with Crippen molar-refractivity contribution in [1.29, 1.82) is 0 Å². The molecule has 0 amide bonds. The molecule has 1 saturated carbocycles. The minimum Gasteiger partial charge on any atom is -0.496 e. The van der Waals surface area contributed by atoms with E-state index in [9.17, 15) is 0 Å². The minimum atomic E-state index is 0.532. The lowest BCUT2D eigenvalue weighted by atomic mass is 9.88. The van der Waals surface area contributed by atoms with Gasteiger partial charge in [0.25, 0.3) is 0 Å². The number of ether oxygens (including phenoxy) is 1. The van der Waals surface area contributed by atoms with Crippen LogP contribution >= 0.6 is 0 Å². The largest absolute Gasteiger partial charge is 0.496 e. The molecule has 2 fully saturated rings. The summed E-state index contributed by atoms with van der Waals surface area (Å²) >= 11 is 0. The van der Waals surface area contributed by atoms with Crippen LogP contribution in [0.15, 0.2) is 42.5 Å². The summed E-state index contributed by atoms with van der Waals surface area (Å²) in [6.45, 7) is 5.29. The average molecular weight is 431 g/mol. The van der Waals surface area contributed by atoms with Crippen LogP contribution in [0.3, 0.4) is 0 Å². The van der Waals surface area contributed by atoms with Crippen molar-refractivity contribution in [2.24, 2.45) is 0 Å². The molecule has 5 rings (SSSR count). The fourth-order valence-electron chi connectivity index (χ4n) is 4.99. The first kappa shape index (κ1) is 21.0. The Morgan fingerprint density at radius 1 is 1.00 bits per heavy atom. The number of aromatic nitrogens is 2. The fourth-order valence-corrected chi connectivity index (χ4v) is 4.99. The summed E-state index contributed by atoms with van der Waals surface area (Å²) in [5.74, 6) is 4.26. The standard InChI is InChI=1S/C27H34N4O/c1-4-15-30(2)21-11-12-24-23(18-21)27(29-26(28-24)20-9-10-20)31-16-13-19(14-17-31)22-7-5-6-8-25(22)32-3/h5-8,11-12,18-20H,4,9-10,13-17H2,1-3H3. The van der Waals surface area contributed by atoms with Crippen LogP contribution in [-0.4, -0.2) is 43.8 Å². The van der Waals surface area contributed by atoms with Crippen molar-refractivity contribution in [3.8, 4) is 5.75 Å². The molecule has 1 aromatic heterocycles. The topological polar surface area (TPSA) is 41.5 Å². The molecule has 2 heterocycles. The first-order valence-corrected chi connectivity index (χ1v) is 12.1. The second-order valence-corrected chi connectivity index (χ2v) is 9.31. The molecule has 168 valence electrons. The molecule has 0 atom stereocenters. The van der Waals surface area contributed by atoms with Crippen LogP contribution in [0.5, 0.6) is 5.75 Å². The lowest BCUT2D eigenvalue weighted by Crippen LogP contribution is -2.34. The molecular weight excluding hydrogens is 396 g/mol. The highest BCUT2D eigenvalue weighted by molar-refractivity contribution is 5.92. The van der Waals surface area contributed by atoms with E-state index in [2.05, 4.69) is 66.2 Å². The van der Waals surface area contributed by atoms with Gasteiger partial charge in [-0.15, -0.1) is 0 Å². The van der Waals surface area contributed by atoms with Crippen LogP contribution in [0.4, 0.5) is 11.5 Å². The highest BCUT2D eigenvalue weighted by Crippen LogP contribution is 2.41. The molecule has 1 aliphatic heterocycles. The normalized spacial score (nSPS) is 17.0. The van der Waals surface area contributed by atoms with Crippen molar-refractivity contribution in [2.45, 2.75) is 50.9 Å². The van der Waals surface area contributed by atoms with Gasteiger partial charge < -0.3 is 14.5 Å². The molecule has 0 spiro atoms. The maximum atomic E-state index is 5.63. The van der Waals surface area contributed by atoms with Crippen molar-refractivity contribution >= 4 is 22.4 Å². The number of hydrogen-bond acceptors (Lipinski definition) is 5. The summed E-state index contributed by atoms with van der Waals surface area (Å²) in [7, 11) is 3.94. The minimum absolute atomic E-state index is 0.532. The van der Waals surface area contributed by atoms with Crippen LogP contribution in [0.2, 0.25) is 0 Å². The van der Waals surface area contributed by atoms with Crippen LogP contribution in [0, 0.1) is 0 Å². The predicted molar refractivity (Wildman–Crippen MR) is 132 cm³/mol. The molecule has 0 bridgehead atoms. The third-order valence-corrected chi connectivity index (χ3v) is 6.99. The second kappa shape index (κ2) is 8.97. The predicted octanol–water partition coefficient (Wildman–Crippen LogP) is 5.75. The monoisotopic (exact) mass is 430 g/mol. The van der Waals surface area contributed by atoms with Crippen molar-refractivity contribution in [1.82, 2.24) is 9.97 Å². The van der Waals surface area contributed by atoms with E-state index < -0.39 is 0 Å². The third kappa shape index (κ3) is 4.13. The molecule has 1 saturated heterocycles. The van der Waals surface area contributed by atoms with E-state index in [0.717, 1.165) is 61.8 Å². The molecule has 0 N–H and O–H groups in total. The Morgan fingerprint density at radius 2 is 1.78 bits per heavy atom. The summed E-state index contributed by atoms with van der Waals surface area (Å²) in [6.07, 6.45) is 5.80. The zero-order valence-corrected chi connectivity index (χ0v) is 19.6. The smallest absolute Gasteiger partial charge is 0.140 e. The lowest BCUT2D eigenvalue weighted by Gasteiger charge is -2.34. The van der Waals surface area contributed by atoms with Gasteiger partial charge >= 0.3 is 0 Å². The Labute approximate surface area is 191 Å². The Hall–Kier alpha value is -2.82. The van der Waals surface area contributed by atoms with E-state index in [-0.39, 0.29) is 0 Å². The maximum Gasteiger partial charge on any atom is 0.140 e. The van der Waals surface area contributed by atoms with E-state index in [1.807, 2.05) is 0 Å². The lowest BCUT2D eigenvalue weighted by molar-refractivity contribution is 0.397. The van der Waals surface area contributed by atoms with E-state index in [1.54, 1.807) is 7.11 Å². The van der Waals surface area contributed by atoms with Crippen molar-refractivity contribution < 1.29 is 4.74 Å². The van der Waals surface area contributed by atoms with E-state index in [1.165, 1.54) is 29.5 Å². The van der Waals surface area contributed by atoms with Gasteiger partial charge in [-0.25, -0.2) is 9.97 Å². The fraction of sp³-hybridized carbons (Fsp3) is 0.481. The molecule has 2 aromatic carbocycles.